The van der Waals surface area contributed by atoms with E-state index in [2.05, 4.69) is 28.1 Å². The molecule has 27 heavy (non-hydrogen) atoms. The van der Waals surface area contributed by atoms with E-state index in [4.69, 9.17) is 9.47 Å². The van der Waals surface area contributed by atoms with Crippen molar-refractivity contribution in [2.45, 2.75) is 45.3 Å². The summed E-state index contributed by atoms with van der Waals surface area (Å²) in [6.07, 6.45) is 1.25. The summed E-state index contributed by atoms with van der Waals surface area (Å²) in [4.78, 5) is 14.8. The molecule has 0 radical (unpaired) electrons. The smallest absolute Gasteiger partial charge is 0.410 e. The first-order valence-electron chi connectivity index (χ1n) is 9.18. The number of benzene rings is 2. The molecule has 0 bridgehead atoms. The van der Waals surface area contributed by atoms with Gasteiger partial charge in [0.15, 0.2) is 0 Å². The van der Waals surface area contributed by atoms with Crippen molar-refractivity contribution in [1.82, 2.24) is 4.90 Å². The van der Waals surface area contributed by atoms with Crippen LogP contribution in [0.5, 0.6) is 5.75 Å². The fourth-order valence-electron chi connectivity index (χ4n) is 3.43. The number of halogens is 1. The molecule has 1 aliphatic heterocycles. The van der Waals surface area contributed by atoms with Gasteiger partial charge in [-0.05, 0) is 68.5 Å². The zero-order valence-electron chi connectivity index (χ0n) is 16.3. The Balaban J connectivity index is 2.00. The van der Waals surface area contributed by atoms with Crippen molar-refractivity contribution < 1.29 is 14.3 Å². The molecule has 0 saturated heterocycles. The van der Waals surface area contributed by atoms with Crippen molar-refractivity contribution in [3.05, 3.63) is 63.6 Å². The molecule has 1 atom stereocenters. The van der Waals surface area contributed by atoms with Crippen molar-refractivity contribution in [2.75, 3.05) is 13.7 Å². The van der Waals surface area contributed by atoms with Crippen LogP contribution in [0.1, 0.15) is 43.5 Å². The molecule has 5 heteroatoms. The second-order valence-electron chi connectivity index (χ2n) is 7.80. The lowest BCUT2D eigenvalue weighted by molar-refractivity contribution is 0.0141. The standard InChI is InChI=1S/C22H26BrNO3/c1-22(2,3)27-21(25)24-12-11-15-9-10-17(26-4)14-18(15)20(24)13-16-7-5-6-8-19(16)23/h5-10,14,20H,11-13H2,1-4H3. The van der Waals surface area contributed by atoms with Gasteiger partial charge in [-0.25, -0.2) is 4.79 Å². The van der Waals surface area contributed by atoms with Crippen molar-refractivity contribution in [3.8, 4) is 5.75 Å². The first-order valence-corrected chi connectivity index (χ1v) is 9.97. The van der Waals surface area contributed by atoms with E-state index >= 15 is 0 Å². The van der Waals surface area contributed by atoms with Crippen LogP contribution >= 0.6 is 15.9 Å². The largest absolute Gasteiger partial charge is 0.497 e. The molecule has 1 unspecified atom stereocenters. The topological polar surface area (TPSA) is 38.8 Å². The zero-order valence-corrected chi connectivity index (χ0v) is 17.9. The molecule has 2 aromatic carbocycles. The van der Waals surface area contributed by atoms with E-state index in [1.54, 1.807) is 7.11 Å². The van der Waals surface area contributed by atoms with Crippen LogP contribution in [0.2, 0.25) is 0 Å². The summed E-state index contributed by atoms with van der Waals surface area (Å²) in [6, 6.07) is 14.2. The lowest BCUT2D eigenvalue weighted by atomic mass is 9.88. The predicted octanol–water partition coefficient (Wildman–Crippen LogP) is 5.53. The molecule has 1 heterocycles. The summed E-state index contributed by atoms with van der Waals surface area (Å²) in [5.74, 6) is 0.803. The fourth-order valence-corrected chi connectivity index (χ4v) is 3.88. The molecular formula is C22H26BrNO3. The van der Waals surface area contributed by atoms with Gasteiger partial charge in [0.1, 0.15) is 11.4 Å². The highest BCUT2D eigenvalue weighted by Gasteiger charge is 2.34. The molecule has 0 spiro atoms. The van der Waals surface area contributed by atoms with Crippen LogP contribution in [0.3, 0.4) is 0 Å². The van der Waals surface area contributed by atoms with Gasteiger partial charge in [-0.3, -0.25) is 0 Å². The Morgan fingerprint density at radius 2 is 1.96 bits per heavy atom. The lowest BCUT2D eigenvalue weighted by Gasteiger charge is -2.38. The first-order chi connectivity index (χ1) is 12.8. The molecule has 144 valence electrons. The minimum absolute atomic E-state index is 0.0996. The van der Waals surface area contributed by atoms with Crippen LogP contribution in [-0.2, 0) is 17.6 Å². The molecule has 4 nitrogen and oxygen atoms in total. The minimum Gasteiger partial charge on any atom is -0.497 e. The molecule has 3 rings (SSSR count). The highest BCUT2D eigenvalue weighted by atomic mass is 79.9. The molecule has 0 N–H and O–H groups in total. The van der Waals surface area contributed by atoms with Gasteiger partial charge in [0.2, 0.25) is 0 Å². The highest BCUT2D eigenvalue weighted by molar-refractivity contribution is 9.10. The number of amides is 1. The molecule has 1 amide bonds. The van der Waals surface area contributed by atoms with E-state index in [1.807, 2.05) is 56.0 Å². The summed E-state index contributed by atoms with van der Waals surface area (Å²) in [5.41, 5.74) is 3.02. The van der Waals surface area contributed by atoms with E-state index in [-0.39, 0.29) is 12.1 Å². The van der Waals surface area contributed by atoms with Gasteiger partial charge < -0.3 is 14.4 Å². The second kappa shape index (κ2) is 7.93. The Morgan fingerprint density at radius 3 is 2.63 bits per heavy atom. The zero-order chi connectivity index (χ0) is 19.6. The van der Waals surface area contributed by atoms with E-state index in [0.29, 0.717) is 13.0 Å². The third-order valence-electron chi connectivity index (χ3n) is 4.71. The SMILES string of the molecule is COc1ccc2c(c1)C(Cc1ccccc1Br)N(C(=O)OC(C)(C)C)CC2. The Morgan fingerprint density at radius 1 is 1.22 bits per heavy atom. The van der Waals surface area contributed by atoms with Crippen LogP contribution in [0.15, 0.2) is 46.9 Å². The van der Waals surface area contributed by atoms with Crippen LogP contribution in [-0.4, -0.2) is 30.2 Å². The number of hydrogen-bond acceptors (Lipinski definition) is 3. The average Bonchev–Trinajstić information content (AvgIpc) is 2.61. The second-order valence-corrected chi connectivity index (χ2v) is 8.65. The number of carbonyl (C=O) groups is 1. The van der Waals surface area contributed by atoms with E-state index in [1.165, 1.54) is 5.56 Å². The van der Waals surface area contributed by atoms with Gasteiger partial charge in [0.25, 0.3) is 0 Å². The summed E-state index contributed by atoms with van der Waals surface area (Å²) in [5, 5.41) is 0. The van der Waals surface area contributed by atoms with Crippen molar-refractivity contribution >= 4 is 22.0 Å². The number of methoxy groups -OCH3 is 1. The highest BCUT2D eigenvalue weighted by Crippen LogP contribution is 2.36. The Hall–Kier alpha value is -2.01. The molecule has 0 saturated carbocycles. The van der Waals surface area contributed by atoms with Crippen LogP contribution < -0.4 is 4.74 Å². The molecule has 1 aliphatic rings. The Kier molecular flexibility index (Phi) is 5.80. The van der Waals surface area contributed by atoms with Crippen LogP contribution in [0.25, 0.3) is 0 Å². The monoisotopic (exact) mass is 431 g/mol. The maximum absolute atomic E-state index is 12.9. The van der Waals surface area contributed by atoms with Crippen molar-refractivity contribution in [1.29, 1.82) is 0 Å². The summed E-state index contributed by atoms with van der Waals surface area (Å²) in [6.45, 7) is 6.33. The van der Waals surface area contributed by atoms with E-state index < -0.39 is 5.60 Å². The summed E-state index contributed by atoms with van der Waals surface area (Å²) in [7, 11) is 1.67. The lowest BCUT2D eigenvalue weighted by Crippen LogP contribution is -2.43. The number of ether oxygens (including phenoxy) is 2. The summed E-state index contributed by atoms with van der Waals surface area (Å²) < 4.78 is 12.2. The Labute approximate surface area is 169 Å². The predicted molar refractivity (Wildman–Crippen MR) is 110 cm³/mol. The molecule has 0 aliphatic carbocycles. The van der Waals surface area contributed by atoms with Gasteiger partial charge in [-0.1, -0.05) is 40.2 Å². The number of hydrogen-bond donors (Lipinski definition) is 0. The fraction of sp³-hybridized carbons (Fsp3) is 0.409. The summed E-state index contributed by atoms with van der Waals surface area (Å²) >= 11 is 3.64. The average molecular weight is 432 g/mol. The van der Waals surface area contributed by atoms with Crippen molar-refractivity contribution in [3.63, 3.8) is 0 Å². The van der Waals surface area contributed by atoms with Crippen molar-refractivity contribution in [2.24, 2.45) is 0 Å². The normalized spacial score (nSPS) is 16.6. The van der Waals surface area contributed by atoms with Gasteiger partial charge >= 0.3 is 6.09 Å². The quantitative estimate of drug-likeness (QED) is 0.640. The van der Waals surface area contributed by atoms with Gasteiger partial charge in [-0.2, -0.15) is 0 Å². The van der Waals surface area contributed by atoms with Crippen LogP contribution in [0, 0.1) is 0 Å². The number of fused-ring (bicyclic) bond motifs is 1. The van der Waals surface area contributed by atoms with E-state index in [0.717, 1.165) is 27.8 Å². The van der Waals surface area contributed by atoms with Crippen LogP contribution in [0.4, 0.5) is 4.79 Å². The number of rotatable bonds is 3. The van der Waals surface area contributed by atoms with Gasteiger partial charge in [0.05, 0.1) is 13.2 Å². The molecular weight excluding hydrogens is 406 g/mol. The number of carbonyl (C=O) groups excluding carboxylic acids is 1. The minimum atomic E-state index is -0.524. The third-order valence-corrected chi connectivity index (χ3v) is 5.48. The maximum Gasteiger partial charge on any atom is 0.410 e. The van der Waals surface area contributed by atoms with Gasteiger partial charge in [0, 0.05) is 11.0 Å². The van der Waals surface area contributed by atoms with E-state index in [9.17, 15) is 4.79 Å². The Bertz CT molecular complexity index is 829. The van der Waals surface area contributed by atoms with Gasteiger partial charge in [-0.15, -0.1) is 0 Å². The molecule has 2 aromatic rings. The first kappa shape index (κ1) is 19.7. The molecule has 0 fully saturated rings. The number of nitrogens with zero attached hydrogens (tertiary/aromatic N) is 1. The third kappa shape index (κ3) is 4.64. The molecule has 0 aromatic heterocycles. The maximum atomic E-state index is 12.9.